The first kappa shape index (κ1) is 12.9. The van der Waals surface area contributed by atoms with E-state index in [0.29, 0.717) is 10.9 Å². The lowest BCUT2D eigenvalue weighted by Crippen LogP contribution is -1.97. The van der Waals surface area contributed by atoms with Crippen molar-refractivity contribution in [3.63, 3.8) is 0 Å². The second-order valence-electron chi connectivity index (χ2n) is 3.07. The maximum absolute atomic E-state index is 10.8. The number of rotatable bonds is 2. The number of nitro benzene ring substituents is 1. The fourth-order valence-electron chi connectivity index (χ4n) is 1.37. The molecule has 2 N–H and O–H groups in total. The molecule has 1 aromatic carbocycles. The summed E-state index contributed by atoms with van der Waals surface area (Å²) < 4.78 is 4.91. The van der Waals surface area contributed by atoms with Crippen molar-refractivity contribution in [2.45, 2.75) is 0 Å². The number of fused-ring (bicyclic) bond motifs is 1. The molecule has 0 aliphatic heterocycles. The largest absolute Gasteiger partial charge is 0.490 e. The van der Waals surface area contributed by atoms with Gasteiger partial charge >= 0.3 is 5.69 Å². The van der Waals surface area contributed by atoms with Crippen LogP contribution in [0.25, 0.3) is 10.9 Å². The zero-order valence-electron chi connectivity index (χ0n) is 8.78. The lowest BCUT2D eigenvalue weighted by molar-refractivity contribution is -0.385. The number of nitro groups is 1. The van der Waals surface area contributed by atoms with Crippen LogP contribution in [0, 0.1) is 10.1 Å². The topological polar surface area (TPSA) is 104 Å². The van der Waals surface area contributed by atoms with Crippen LogP contribution in [0.5, 0.6) is 5.75 Å². The summed E-state index contributed by atoms with van der Waals surface area (Å²) in [6.07, 6.45) is 1.43. The predicted octanol–water partition coefficient (Wildman–Crippen LogP) is 1.55. The number of anilines is 1. The molecule has 1 aromatic heterocycles. The molecule has 0 saturated heterocycles. The number of nitrogen functional groups attached to an aromatic ring is 1. The Kier molecular flexibility index (Phi) is 3.64. The fourth-order valence-corrected chi connectivity index (χ4v) is 1.37. The maximum Gasteiger partial charge on any atom is 0.311 e. The maximum atomic E-state index is 10.8. The van der Waals surface area contributed by atoms with Gasteiger partial charge in [0, 0.05) is 23.7 Å². The molecule has 90 valence electrons. The van der Waals surface area contributed by atoms with Crippen LogP contribution >= 0.6 is 12.4 Å². The number of aromatic nitrogens is 2. The molecule has 7 nitrogen and oxygen atoms in total. The van der Waals surface area contributed by atoms with Crippen molar-refractivity contribution < 1.29 is 9.66 Å². The Morgan fingerprint density at radius 3 is 2.76 bits per heavy atom. The zero-order chi connectivity index (χ0) is 11.7. The van der Waals surface area contributed by atoms with Crippen molar-refractivity contribution in [3.8, 4) is 5.75 Å². The van der Waals surface area contributed by atoms with Gasteiger partial charge in [-0.05, 0) is 0 Å². The molecule has 0 radical (unpaired) electrons. The molecular weight excluding hydrogens is 248 g/mol. The molecule has 0 fully saturated rings. The van der Waals surface area contributed by atoms with Crippen molar-refractivity contribution in [1.29, 1.82) is 0 Å². The lowest BCUT2D eigenvalue weighted by Gasteiger charge is -2.03. The van der Waals surface area contributed by atoms with Gasteiger partial charge in [-0.1, -0.05) is 0 Å². The smallest absolute Gasteiger partial charge is 0.311 e. The van der Waals surface area contributed by atoms with Gasteiger partial charge in [-0.15, -0.1) is 12.4 Å². The Balaban J connectivity index is 0.00000144. The first-order valence-corrected chi connectivity index (χ1v) is 4.36. The Morgan fingerprint density at radius 1 is 1.47 bits per heavy atom. The predicted molar refractivity (Wildman–Crippen MR) is 64.4 cm³/mol. The Bertz CT molecular complexity index is 575. The summed E-state index contributed by atoms with van der Waals surface area (Å²) >= 11 is 0. The molecule has 0 aliphatic carbocycles. The highest BCUT2D eigenvalue weighted by Crippen LogP contribution is 2.30. The van der Waals surface area contributed by atoms with Gasteiger partial charge in [-0.25, -0.2) is 9.97 Å². The van der Waals surface area contributed by atoms with Crippen LogP contribution in [0.3, 0.4) is 0 Å². The van der Waals surface area contributed by atoms with E-state index in [1.165, 1.54) is 25.4 Å². The Labute approximate surface area is 102 Å². The van der Waals surface area contributed by atoms with Gasteiger partial charge in [0.05, 0.1) is 17.5 Å². The summed E-state index contributed by atoms with van der Waals surface area (Å²) in [5.41, 5.74) is 5.80. The number of nitrogens with zero attached hydrogens (tertiary/aromatic N) is 3. The molecule has 0 aliphatic rings. The van der Waals surface area contributed by atoms with Crippen LogP contribution < -0.4 is 10.5 Å². The van der Waals surface area contributed by atoms with Crippen LogP contribution in [0.15, 0.2) is 18.3 Å². The number of benzene rings is 1. The molecule has 0 spiro atoms. The van der Waals surface area contributed by atoms with Gasteiger partial charge in [0.1, 0.15) is 0 Å². The standard InChI is InChI=1S/C9H8N4O3.ClH/c1-16-8-3-6-5(2-7(8)13(14)15)4-11-9(10)12-6;/h2-4H,1H3,(H2,10,11,12);1H. The highest BCUT2D eigenvalue weighted by atomic mass is 35.5. The lowest BCUT2D eigenvalue weighted by atomic mass is 10.2. The number of ether oxygens (including phenoxy) is 1. The number of hydrogen-bond acceptors (Lipinski definition) is 6. The van der Waals surface area contributed by atoms with E-state index in [-0.39, 0.29) is 29.8 Å². The Morgan fingerprint density at radius 2 is 2.18 bits per heavy atom. The molecule has 0 atom stereocenters. The van der Waals surface area contributed by atoms with E-state index in [2.05, 4.69) is 9.97 Å². The van der Waals surface area contributed by atoms with E-state index in [1.807, 2.05) is 0 Å². The first-order valence-electron chi connectivity index (χ1n) is 4.36. The fraction of sp³-hybridized carbons (Fsp3) is 0.111. The van der Waals surface area contributed by atoms with Gasteiger partial charge in [0.2, 0.25) is 5.95 Å². The minimum atomic E-state index is -0.519. The van der Waals surface area contributed by atoms with E-state index in [0.717, 1.165) is 0 Å². The van der Waals surface area contributed by atoms with Crippen LogP contribution in [0.1, 0.15) is 0 Å². The average Bonchev–Trinajstić information content (AvgIpc) is 2.26. The van der Waals surface area contributed by atoms with Crippen LogP contribution in [-0.2, 0) is 0 Å². The van der Waals surface area contributed by atoms with E-state index in [9.17, 15) is 10.1 Å². The molecule has 1 heterocycles. The summed E-state index contributed by atoms with van der Waals surface area (Å²) in [5, 5.41) is 11.3. The van der Waals surface area contributed by atoms with Gasteiger partial charge in [0.25, 0.3) is 0 Å². The molecule has 2 rings (SSSR count). The molecule has 8 heteroatoms. The summed E-state index contributed by atoms with van der Waals surface area (Å²) in [5.74, 6) is 0.263. The number of halogens is 1. The van der Waals surface area contributed by atoms with Crippen molar-refractivity contribution in [1.82, 2.24) is 9.97 Å². The molecule has 0 saturated carbocycles. The highest BCUT2D eigenvalue weighted by Gasteiger charge is 2.16. The minimum absolute atomic E-state index is 0. The van der Waals surface area contributed by atoms with Crippen molar-refractivity contribution in [2.75, 3.05) is 12.8 Å². The molecule has 0 unspecified atom stereocenters. The van der Waals surface area contributed by atoms with Crippen molar-refractivity contribution in [2.24, 2.45) is 0 Å². The van der Waals surface area contributed by atoms with Crippen molar-refractivity contribution >= 4 is 34.9 Å². The second-order valence-corrected chi connectivity index (χ2v) is 3.07. The van der Waals surface area contributed by atoms with E-state index in [1.54, 1.807) is 0 Å². The number of hydrogen-bond donors (Lipinski definition) is 1. The number of nitrogens with two attached hydrogens (primary N) is 1. The van der Waals surface area contributed by atoms with Gasteiger partial charge in [-0.3, -0.25) is 10.1 Å². The molecule has 2 aromatic rings. The summed E-state index contributed by atoms with van der Waals surface area (Å²) in [4.78, 5) is 17.9. The van der Waals surface area contributed by atoms with Crippen LogP contribution in [0.4, 0.5) is 11.6 Å². The minimum Gasteiger partial charge on any atom is -0.490 e. The molecular formula is C9H9ClN4O3. The van der Waals surface area contributed by atoms with Crippen LogP contribution in [0.2, 0.25) is 0 Å². The third-order valence-electron chi connectivity index (χ3n) is 2.10. The number of methoxy groups -OCH3 is 1. The quantitative estimate of drug-likeness (QED) is 0.646. The third kappa shape index (κ3) is 2.34. The van der Waals surface area contributed by atoms with E-state index < -0.39 is 4.92 Å². The molecule has 0 amide bonds. The zero-order valence-corrected chi connectivity index (χ0v) is 9.60. The van der Waals surface area contributed by atoms with Crippen molar-refractivity contribution in [3.05, 3.63) is 28.4 Å². The molecule has 0 bridgehead atoms. The first-order chi connectivity index (χ1) is 7.61. The Hall–Kier alpha value is -2.15. The third-order valence-corrected chi connectivity index (χ3v) is 2.10. The highest BCUT2D eigenvalue weighted by molar-refractivity contribution is 5.85. The van der Waals surface area contributed by atoms with E-state index in [4.69, 9.17) is 10.5 Å². The van der Waals surface area contributed by atoms with Gasteiger partial charge in [0.15, 0.2) is 5.75 Å². The van der Waals surface area contributed by atoms with E-state index >= 15 is 0 Å². The second kappa shape index (κ2) is 4.79. The molecule has 17 heavy (non-hydrogen) atoms. The van der Waals surface area contributed by atoms with Gasteiger partial charge < -0.3 is 10.5 Å². The van der Waals surface area contributed by atoms with Gasteiger partial charge in [-0.2, -0.15) is 0 Å². The normalized spacial score (nSPS) is 9.71. The summed E-state index contributed by atoms with van der Waals surface area (Å²) in [6.45, 7) is 0. The van der Waals surface area contributed by atoms with Crippen LogP contribution in [-0.4, -0.2) is 22.0 Å². The summed E-state index contributed by atoms with van der Waals surface area (Å²) in [6, 6.07) is 2.82. The monoisotopic (exact) mass is 256 g/mol. The average molecular weight is 257 g/mol. The summed E-state index contributed by atoms with van der Waals surface area (Å²) in [7, 11) is 1.36. The SMILES string of the molecule is COc1cc2nc(N)ncc2cc1[N+](=O)[O-].Cl.